The summed E-state index contributed by atoms with van der Waals surface area (Å²) in [7, 11) is -3.90. The number of aromatic nitrogens is 3. The molecule has 0 atom stereocenters. The van der Waals surface area contributed by atoms with Crippen LogP contribution >= 0.6 is 0 Å². The lowest BCUT2D eigenvalue weighted by Crippen LogP contribution is -2.27. The molecule has 0 bridgehead atoms. The first-order chi connectivity index (χ1) is 9.53. The third-order valence-corrected chi connectivity index (χ3v) is 4.13. The molecule has 0 spiro atoms. The van der Waals surface area contributed by atoms with Crippen molar-refractivity contribution in [3.05, 3.63) is 41.7 Å². The molecule has 0 fully saturated rings. The minimum absolute atomic E-state index is 0.0929. The normalized spacial score (nSPS) is 11.7. The number of H-pyrrole nitrogens is 1. The van der Waals surface area contributed by atoms with Crippen LogP contribution in [0.15, 0.2) is 29.4 Å². The minimum atomic E-state index is -3.90. The topological polar surface area (TPSA) is 114 Å². The Balaban J connectivity index is 2.06. The molecule has 0 saturated heterocycles. The Bertz CT molecular complexity index is 672. The van der Waals surface area contributed by atoms with Crippen molar-refractivity contribution in [2.24, 2.45) is 5.73 Å². The van der Waals surface area contributed by atoms with Crippen LogP contribution in [-0.4, -0.2) is 30.1 Å². The predicted octanol–water partition coefficient (Wildman–Crippen LogP) is -0.0765. The standard InChI is InChI=1S/C11H14FN5O2S/c12-9-5-8(6-13)1-2-10(9)20(18,19)16-4-3-11-14-7-15-17-11/h1-2,5,7,16H,3-4,6,13H2,(H,14,15,17). The van der Waals surface area contributed by atoms with Crippen LogP contribution in [0.3, 0.4) is 0 Å². The van der Waals surface area contributed by atoms with E-state index in [4.69, 9.17) is 5.73 Å². The van der Waals surface area contributed by atoms with Crippen molar-refractivity contribution in [2.75, 3.05) is 6.54 Å². The van der Waals surface area contributed by atoms with Gasteiger partial charge in [0.25, 0.3) is 0 Å². The molecule has 0 amide bonds. The van der Waals surface area contributed by atoms with Crippen molar-refractivity contribution in [2.45, 2.75) is 17.9 Å². The number of halogens is 1. The largest absolute Gasteiger partial charge is 0.326 e. The Kier molecular flexibility index (Phi) is 4.42. The zero-order chi connectivity index (χ0) is 14.6. The molecular weight excluding hydrogens is 285 g/mol. The van der Waals surface area contributed by atoms with Crippen molar-refractivity contribution in [1.29, 1.82) is 0 Å². The fourth-order valence-corrected chi connectivity index (χ4v) is 2.71. The fourth-order valence-electron chi connectivity index (χ4n) is 1.62. The van der Waals surface area contributed by atoms with Crippen LogP contribution in [0.5, 0.6) is 0 Å². The van der Waals surface area contributed by atoms with Crippen LogP contribution in [0.1, 0.15) is 11.4 Å². The monoisotopic (exact) mass is 299 g/mol. The summed E-state index contributed by atoms with van der Waals surface area (Å²) in [5.41, 5.74) is 5.89. The highest BCUT2D eigenvalue weighted by Crippen LogP contribution is 2.15. The maximum atomic E-state index is 13.7. The van der Waals surface area contributed by atoms with E-state index < -0.39 is 20.7 Å². The SMILES string of the molecule is NCc1ccc(S(=O)(=O)NCCc2ncn[nH]2)c(F)c1. The maximum Gasteiger partial charge on any atom is 0.243 e. The zero-order valence-electron chi connectivity index (χ0n) is 10.5. The number of aromatic amines is 1. The molecule has 0 aliphatic carbocycles. The summed E-state index contributed by atoms with van der Waals surface area (Å²) >= 11 is 0. The maximum absolute atomic E-state index is 13.7. The fraction of sp³-hybridized carbons (Fsp3) is 0.273. The van der Waals surface area contributed by atoms with Crippen LogP contribution < -0.4 is 10.5 Å². The first-order valence-corrected chi connectivity index (χ1v) is 7.33. The van der Waals surface area contributed by atoms with Gasteiger partial charge in [-0.1, -0.05) is 6.07 Å². The van der Waals surface area contributed by atoms with Gasteiger partial charge in [0.2, 0.25) is 10.0 Å². The summed E-state index contributed by atoms with van der Waals surface area (Å²) in [6.45, 7) is 0.242. The Labute approximate surface area is 115 Å². The molecule has 0 aliphatic rings. The highest BCUT2D eigenvalue weighted by molar-refractivity contribution is 7.89. The summed E-state index contributed by atoms with van der Waals surface area (Å²) in [6.07, 6.45) is 1.66. The lowest BCUT2D eigenvalue weighted by atomic mass is 10.2. The molecule has 108 valence electrons. The molecule has 1 aromatic carbocycles. The van der Waals surface area contributed by atoms with Gasteiger partial charge in [-0.2, -0.15) is 5.10 Å². The number of nitrogens with zero attached hydrogens (tertiary/aromatic N) is 2. The summed E-state index contributed by atoms with van der Waals surface area (Å²) in [6, 6.07) is 3.80. The van der Waals surface area contributed by atoms with E-state index in [9.17, 15) is 12.8 Å². The van der Waals surface area contributed by atoms with Gasteiger partial charge < -0.3 is 5.73 Å². The molecule has 1 heterocycles. The molecule has 1 aromatic heterocycles. The number of hydrogen-bond acceptors (Lipinski definition) is 5. The van der Waals surface area contributed by atoms with Gasteiger partial charge in [0.15, 0.2) is 0 Å². The molecule has 2 aromatic rings. The molecule has 0 radical (unpaired) electrons. The number of sulfonamides is 1. The van der Waals surface area contributed by atoms with E-state index in [2.05, 4.69) is 19.9 Å². The van der Waals surface area contributed by atoms with Crippen molar-refractivity contribution >= 4 is 10.0 Å². The van der Waals surface area contributed by atoms with E-state index in [0.717, 1.165) is 6.07 Å². The molecule has 0 unspecified atom stereocenters. The van der Waals surface area contributed by atoms with Gasteiger partial charge >= 0.3 is 0 Å². The van der Waals surface area contributed by atoms with Crippen molar-refractivity contribution in [1.82, 2.24) is 19.9 Å². The Hall–Kier alpha value is -1.84. The second-order valence-corrected chi connectivity index (χ2v) is 5.78. The van der Waals surface area contributed by atoms with Crippen molar-refractivity contribution in [3.8, 4) is 0 Å². The Morgan fingerprint density at radius 1 is 1.40 bits per heavy atom. The molecule has 4 N–H and O–H groups in total. The zero-order valence-corrected chi connectivity index (χ0v) is 11.3. The van der Waals surface area contributed by atoms with Crippen LogP contribution in [0.25, 0.3) is 0 Å². The third kappa shape index (κ3) is 3.38. The Morgan fingerprint density at radius 3 is 2.80 bits per heavy atom. The summed E-state index contributed by atoms with van der Waals surface area (Å²) in [5.74, 6) is -0.272. The Morgan fingerprint density at radius 2 is 2.20 bits per heavy atom. The quantitative estimate of drug-likeness (QED) is 0.690. The molecule has 0 aliphatic heterocycles. The summed E-state index contributed by atoms with van der Waals surface area (Å²) < 4.78 is 39.9. The number of nitrogens with one attached hydrogen (secondary N) is 2. The number of benzene rings is 1. The van der Waals surface area contributed by atoms with Gasteiger partial charge in [-0.15, -0.1) is 0 Å². The first-order valence-electron chi connectivity index (χ1n) is 5.85. The highest BCUT2D eigenvalue weighted by Gasteiger charge is 2.18. The van der Waals surface area contributed by atoms with E-state index in [-0.39, 0.29) is 13.1 Å². The van der Waals surface area contributed by atoms with Crippen LogP contribution in [0.2, 0.25) is 0 Å². The average molecular weight is 299 g/mol. The van der Waals surface area contributed by atoms with E-state index in [1.165, 1.54) is 18.5 Å². The number of rotatable bonds is 6. The molecular formula is C11H14FN5O2S. The van der Waals surface area contributed by atoms with Crippen molar-refractivity contribution < 1.29 is 12.8 Å². The molecule has 7 nitrogen and oxygen atoms in total. The van der Waals surface area contributed by atoms with E-state index in [1.807, 2.05) is 0 Å². The van der Waals surface area contributed by atoms with Gasteiger partial charge in [0.05, 0.1) is 0 Å². The summed E-state index contributed by atoms with van der Waals surface area (Å²) in [4.78, 5) is 3.46. The van der Waals surface area contributed by atoms with Gasteiger partial charge in [-0.25, -0.2) is 22.5 Å². The van der Waals surface area contributed by atoms with Crippen LogP contribution in [0, 0.1) is 5.82 Å². The van der Waals surface area contributed by atoms with E-state index in [0.29, 0.717) is 17.8 Å². The lowest BCUT2D eigenvalue weighted by Gasteiger charge is -2.08. The second kappa shape index (κ2) is 6.07. The molecule has 2 rings (SSSR count). The lowest BCUT2D eigenvalue weighted by molar-refractivity contribution is 0.555. The van der Waals surface area contributed by atoms with Crippen molar-refractivity contribution in [3.63, 3.8) is 0 Å². The molecule has 0 saturated carbocycles. The highest BCUT2D eigenvalue weighted by atomic mass is 32.2. The van der Waals surface area contributed by atoms with Crippen LogP contribution in [0.4, 0.5) is 4.39 Å². The first kappa shape index (κ1) is 14.6. The predicted molar refractivity (Wildman–Crippen MR) is 69.6 cm³/mol. The van der Waals surface area contributed by atoms with E-state index >= 15 is 0 Å². The second-order valence-electron chi connectivity index (χ2n) is 4.05. The summed E-state index contributed by atoms with van der Waals surface area (Å²) in [5, 5.41) is 6.25. The molecule has 9 heteroatoms. The average Bonchev–Trinajstić information content (AvgIpc) is 2.91. The van der Waals surface area contributed by atoms with Gasteiger partial charge in [-0.05, 0) is 17.7 Å². The molecule has 20 heavy (non-hydrogen) atoms. The van der Waals surface area contributed by atoms with Gasteiger partial charge in [0.1, 0.15) is 22.9 Å². The van der Waals surface area contributed by atoms with Gasteiger partial charge in [-0.3, -0.25) is 5.10 Å². The van der Waals surface area contributed by atoms with E-state index in [1.54, 1.807) is 0 Å². The number of nitrogens with two attached hydrogens (primary N) is 1. The minimum Gasteiger partial charge on any atom is -0.326 e. The smallest absolute Gasteiger partial charge is 0.243 e. The third-order valence-electron chi connectivity index (χ3n) is 2.64. The number of hydrogen-bond donors (Lipinski definition) is 3. The van der Waals surface area contributed by atoms with Crippen LogP contribution in [-0.2, 0) is 23.0 Å². The van der Waals surface area contributed by atoms with Gasteiger partial charge in [0, 0.05) is 19.5 Å².